The summed E-state index contributed by atoms with van der Waals surface area (Å²) < 4.78 is 11.3. The number of likely N-dealkylation sites (tertiary alicyclic amines) is 1. The largest absolute Gasteiger partial charge is 0.477 e. The molecule has 0 aromatic carbocycles. The number of hydrogen-bond acceptors (Lipinski definition) is 5. The Labute approximate surface area is 150 Å². The van der Waals surface area contributed by atoms with Gasteiger partial charge in [0, 0.05) is 38.4 Å². The third-order valence-electron chi connectivity index (χ3n) is 5.00. The monoisotopic (exact) mass is 347 g/mol. The molecule has 2 atom stereocenters. The van der Waals surface area contributed by atoms with E-state index in [1.165, 1.54) is 0 Å². The lowest BCUT2D eigenvalue weighted by atomic mass is 10.0. The molecule has 0 saturated carbocycles. The SMILES string of the molecule is CCOc1ncccc1C(=O)N1CCC(N2C[C@@H](C)O[C@@H](C)C2)CC1. The molecule has 6 nitrogen and oxygen atoms in total. The molecule has 2 aliphatic rings. The number of nitrogens with zero attached hydrogens (tertiary/aromatic N) is 3. The van der Waals surface area contributed by atoms with E-state index in [9.17, 15) is 4.79 Å². The molecule has 25 heavy (non-hydrogen) atoms. The fourth-order valence-corrected chi connectivity index (χ4v) is 3.93. The van der Waals surface area contributed by atoms with Crippen molar-refractivity contribution in [3.8, 4) is 5.88 Å². The molecule has 0 spiro atoms. The number of rotatable bonds is 4. The molecule has 2 aliphatic heterocycles. The molecule has 0 unspecified atom stereocenters. The fourth-order valence-electron chi connectivity index (χ4n) is 3.93. The van der Waals surface area contributed by atoms with Crippen LogP contribution in [0.5, 0.6) is 5.88 Å². The predicted octanol–water partition coefficient (Wildman–Crippen LogP) is 2.19. The number of carbonyl (C=O) groups is 1. The van der Waals surface area contributed by atoms with Crippen LogP contribution in [-0.2, 0) is 4.74 Å². The molecule has 3 rings (SSSR count). The van der Waals surface area contributed by atoms with Crippen molar-refractivity contribution >= 4 is 5.91 Å². The van der Waals surface area contributed by atoms with Crippen molar-refractivity contribution in [1.29, 1.82) is 0 Å². The molecule has 2 fully saturated rings. The van der Waals surface area contributed by atoms with E-state index in [0.29, 0.717) is 24.1 Å². The van der Waals surface area contributed by atoms with Gasteiger partial charge in [-0.1, -0.05) is 0 Å². The first kappa shape index (κ1) is 18.1. The summed E-state index contributed by atoms with van der Waals surface area (Å²) in [6, 6.07) is 4.13. The minimum Gasteiger partial charge on any atom is -0.477 e. The van der Waals surface area contributed by atoms with Gasteiger partial charge in [0.1, 0.15) is 5.56 Å². The van der Waals surface area contributed by atoms with E-state index in [1.54, 1.807) is 18.3 Å². The van der Waals surface area contributed by atoms with Gasteiger partial charge in [-0.2, -0.15) is 0 Å². The highest BCUT2D eigenvalue weighted by Crippen LogP contribution is 2.24. The van der Waals surface area contributed by atoms with Crippen LogP contribution in [-0.4, -0.2) is 71.7 Å². The summed E-state index contributed by atoms with van der Waals surface area (Å²) in [7, 11) is 0. The fraction of sp³-hybridized carbons (Fsp3) is 0.684. The number of aromatic nitrogens is 1. The molecular formula is C19H29N3O3. The van der Waals surface area contributed by atoms with E-state index in [0.717, 1.165) is 39.0 Å². The molecule has 1 amide bonds. The molecule has 1 aromatic rings. The van der Waals surface area contributed by atoms with Crippen LogP contribution in [0.15, 0.2) is 18.3 Å². The van der Waals surface area contributed by atoms with Crippen LogP contribution in [0.2, 0.25) is 0 Å². The Morgan fingerprint density at radius 1 is 1.28 bits per heavy atom. The minimum atomic E-state index is 0.0266. The second-order valence-corrected chi connectivity index (χ2v) is 7.02. The van der Waals surface area contributed by atoms with Gasteiger partial charge in [-0.25, -0.2) is 4.98 Å². The van der Waals surface area contributed by atoms with Gasteiger partial charge in [0.05, 0.1) is 18.8 Å². The molecule has 0 radical (unpaired) electrons. The van der Waals surface area contributed by atoms with Gasteiger partial charge < -0.3 is 14.4 Å². The van der Waals surface area contributed by atoms with Crippen molar-refractivity contribution in [3.05, 3.63) is 23.9 Å². The van der Waals surface area contributed by atoms with Crippen LogP contribution in [0.3, 0.4) is 0 Å². The van der Waals surface area contributed by atoms with Crippen molar-refractivity contribution < 1.29 is 14.3 Å². The summed E-state index contributed by atoms with van der Waals surface area (Å²) in [5, 5.41) is 0. The maximum absolute atomic E-state index is 12.9. The maximum atomic E-state index is 12.9. The van der Waals surface area contributed by atoms with Crippen molar-refractivity contribution in [2.45, 2.75) is 51.9 Å². The number of carbonyl (C=O) groups excluding carboxylic acids is 1. The third kappa shape index (κ3) is 4.30. The lowest BCUT2D eigenvalue weighted by molar-refractivity contribution is -0.0856. The molecule has 0 aliphatic carbocycles. The van der Waals surface area contributed by atoms with E-state index >= 15 is 0 Å². The molecule has 6 heteroatoms. The van der Waals surface area contributed by atoms with Crippen LogP contribution in [0, 0.1) is 0 Å². The first-order valence-corrected chi connectivity index (χ1v) is 9.35. The Hall–Kier alpha value is -1.66. The Kier molecular flexibility index (Phi) is 5.91. The summed E-state index contributed by atoms with van der Waals surface area (Å²) >= 11 is 0. The van der Waals surface area contributed by atoms with Gasteiger partial charge in [0.25, 0.3) is 5.91 Å². The molecule has 3 heterocycles. The minimum absolute atomic E-state index is 0.0266. The summed E-state index contributed by atoms with van der Waals surface area (Å²) in [6.07, 6.45) is 4.25. The molecule has 0 N–H and O–H groups in total. The number of amides is 1. The zero-order chi connectivity index (χ0) is 17.8. The molecule has 138 valence electrons. The first-order chi connectivity index (χ1) is 12.1. The average molecular weight is 347 g/mol. The normalized spacial score (nSPS) is 25.8. The highest BCUT2D eigenvalue weighted by Gasteiger charge is 2.32. The van der Waals surface area contributed by atoms with E-state index in [4.69, 9.17) is 9.47 Å². The zero-order valence-electron chi connectivity index (χ0n) is 15.5. The summed E-state index contributed by atoms with van der Waals surface area (Å²) in [5.41, 5.74) is 0.566. The van der Waals surface area contributed by atoms with E-state index < -0.39 is 0 Å². The van der Waals surface area contributed by atoms with Gasteiger partial charge >= 0.3 is 0 Å². The Morgan fingerprint density at radius 3 is 2.60 bits per heavy atom. The second kappa shape index (κ2) is 8.15. The van der Waals surface area contributed by atoms with Crippen molar-refractivity contribution in [2.75, 3.05) is 32.8 Å². The summed E-state index contributed by atoms with van der Waals surface area (Å²) in [5.74, 6) is 0.465. The molecule has 1 aromatic heterocycles. The van der Waals surface area contributed by atoms with Crippen LogP contribution in [0.4, 0.5) is 0 Å². The predicted molar refractivity (Wildman–Crippen MR) is 95.9 cm³/mol. The summed E-state index contributed by atoms with van der Waals surface area (Å²) in [6.45, 7) is 10.2. The van der Waals surface area contributed by atoms with Gasteiger partial charge in [0.15, 0.2) is 0 Å². The number of ether oxygens (including phenoxy) is 2. The second-order valence-electron chi connectivity index (χ2n) is 7.02. The number of hydrogen-bond donors (Lipinski definition) is 0. The Morgan fingerprint density at radius 2 is 1.96 bits per heavy atom. The standard InChI is InChI=1S/C19H29N3O3/c1-4-24-18-17(6-5-9-20-18)19(23)21-10-7-16(8-11-21)22-12-14(2)25-15(3)13-22/h5-6,9,14-16H,4,7-8,10-13H2,1-3H3/t14-,15+. The number of pyridine rings is 1. The third-order valence-corrected chi connectivity index (χ3v) is 5.00. The van der Waals surface area contributed by atoms with E-state index in [1.807, 2.05) is 11.8 Å². The smallest absolute Gasteiger partial charge is 0.259 e. The Balaban J connectivity index is 1.60. The highest BCUT2D eigenvalue weighted by molar-refractivity contribution is 5.96. The molecule has 0 bridgehead atoms. The van der Waals surface area contributed by atoms with Gasteiger partial charge in [-0.15, -0.1) is 0 Å². The number of morpholine rings is 1. The van der Waals surface area contributed by atoms with Crippen molar-refractivity contribution in [1.82, 2.24) is 14.8 Å². The Bertz CT molecular complexity index is 577. The average Bonchev–Trinajstić information content (AvgIpc) is 2.61. The lowest BCUT2D eigenvalue weighted by Crippen LogP contribution is -2.53. The molecular weight excluding hydrogens is 318 g/mol. The van der Waals surface area contributed by atoms with E-state index in [-0.39, 0.29) is 18.1 Å². The quantitative estimate of drug-likeness (QED) is 0.836. The van der Waals surface area contributed by atoms with Crippen LogP contribution >= 0.6 is 0 Å². The van der Waals surface area contributed by atoms with Crippen molar-refractivity contribution in [2.24, 2.45) is 0 Å². The van der Waals surface area contributed by atoms with Gasteiger partial charge in [-0.05, 0) is 45.7 Å². The zero-order valence-corrected chi connectivity index (χ0v) is 15.5. The van der Waals surface area contributed by atoms with Gasteiger partial charge in [-0.3, -0.25) is 9.69 Å². The molecule has 2 saturated heterocycles. The number of piperidine rings is 1. The lowest BCUT2D eigenvalue weighted by Gasteiger charge is -2.43. The van der Waals surface area contributed by atoms with E-state index in [2.05, 4.69) is 23.7 Å². The first-order valence-electron chi connectivity index (χ1n) is 9.35. The highest BCUT2D eigenvalue weighted by atomic mass is 16.5. The van der Waals surface area contributed by atoms with Crippen LogP contribution in [0.1, 0.15) is 44.0 Å². The summed E-state index contributed by atoms with van der Waals surface area (Å²) in [4.78, 5) is 21.5. The van der Waals surface area contributed by atoms with Crippen LogP contribution in [0.25, 0.3) is 0 Å². The van der Waals surface area contributed by atoms with Crippen molar-refractivity contribution in [3.63, 3.8) is 0 Å². The van der Waals surface area contributed by atoms with Crippen LogP contribution < -0.4 is 4.74 Å². The topological polar surface area (TPSA) is 54.9 Å². The maximum Gasteiger partial charge on any atom is 0.259 e. The van der Waals surface area contributed by atoms with Gasteiger partial charge in [0.2, 0.25) is 5.88 Å².